The summed E-state index contributed by atoms with van der Waals surface area (Å²) in [5.41, 5.74) is 7.25. The highest BCUT2D eigenvalue weighted by Gasteiger charge is 2.39. The lowest BCUT2D eigenvalue weighted by molar-refractivity contribution is 0.0693. The molecule has 1 aliphatic rings. The molecule has 104 valence electrons. The molecule has 19 heavy (non-hydrogen) atoms. The van der Waals surface area contributed by atoms with Crippen molar-refractivity contribution in [3.63, 3.8) is 0 Å². The van der Waals surface area contributed by atoms with Gasteiger partial charge < -0.3 is 21.1 Å². The summed E-state index contributed by atoms with van der Waals surface area (Å²) in [6.45, 7) is 0.717. The lowest BCUT2D eigenvalue weighted by atomic mass is 9.75. The van der Waals surface area contributed by atoms with E-state index in [1.54, 1.807) is 18.2 Å². The summed E-state index contributed by atoms with van der Waals surface area (Å²) in [5.74, 6) is -0.956. The SMILES string of the molecule is CN(C)C1(CNc2c(N)cccc2C(=O)O)CCC1. The van der Waals surface area contributed by atoms with E-state index < -0.39 is 5.97 Å². The molecule has 0 heterocycles. The van der Waals surface area contributed by atoms with Crippen molar-refractivity contribution < 1.29 is 9.90 Å². The van der Waals surface area contributed by atoms with Crippen LogP contribution in [0.2, 0.25) is 0 Å². The Kier molecular flexibility index (Phi) is 3.66. The minimum Gasteiger partial charge on any atom is -0.478 e. The summed E-state index contributed by atoms with van der Waals surface area (Å²) in [6.07, 6.45) is 3.47. The number of nitrogens with one attached hydrogen (secondary N) is 1. The van der Waals surface area contributed by atoms with E-state index in [0.29, 0.717) is 17.9 Å². The molecule has 0 aromatic heterocycles. The number of nitrogens with zero attached hydrogens (tertiary/aromatic N) is 1. The molecule has 0 aliphatic heterocycles. The van der Waals surface area contributed by atoms with Crippen LogP contribution in [0.5, 0.6) is 0 Å². The van der Waals surface area contributed by atoms with E-state index in [2.05, 4.69) is 24.3 Å². The Morgan fingerprint density at radius 2 is 2.16 bits per heavy atom. The van der Waals surface area contributed by atoms with Crippen LogP contribution in [-0.2, 0) is 0 Å². The van der Waals surface area contributed by atoms with E-state index in [9.17, 15) is 9.90 Å². The van der Waals surface area contributed by atoms with Gasteiger partial charge in [-0.25, -0.2) is 4.79 Å². The van der Waals surface area contributed by atoms with E-state index in [1.165, 1.54) is 6.42 Å². The topological polar surface area (TPSA) is 78.6 Å². The molecule has 1 fully saturated rings. The van der Waals surface area contributed by atoms with Crippen LogP contribution >= 0.6 is 0 Å². The third-order valence-corrected chi connectivity index (χ3v) is 4.15. The number of hydrogen-bond donors (Lipinski definition) is 3. The van der Waals surface area contributed by atoms with Gasteiger partial charge in [-0.1, -0.05) is 6.07 Å². The molecule has 4 N–H and O–H groups in total. The van der Waals surface area contributed by atoms with Gasteiger partial charge in [0.1, 0.15) is 0 Å². The Morgan fingerprint density at radius 1 is 1.47 bits per heavy atom. The lowest BCUT2D eigenvalue weighted by Crippen LogP contribution is -2.54. The van der Waals surface area contributed by atoms with Crippen molar-refractivity contribution in [2.45, 2.75) is 24.8 Å². The van der Waals surface area contributed by atoms with Crippen LogP contribution in [0.4, 0.5) is 11.4 Å². The number of carboxylic acid groups (broad SMARTS) is 1. The highest BCUT2D eigenvalue weighted by Crippen LogP contribution is 2.37. The third kappa shape index (κ3) is 2.51. The van der Waals surface area contributed by atoms with Crippen LogP contribution in [0.15, 0.2) is 18.2 Å². The molecule has 0 saturated heterocycles. The molecule has 0 bridgehead atoms. The summed E-state index contributed by atoms with van der Waals surface area (Å²) in [4.78, 5) is 13.4. The van der Waals surface area contributed by atoms with Crippen molar-refractivity contribution in [1.82, 2.24) is 4.90 Å². The number of anilines is 2. The van der Waals surface area contributed by atoms with E-state index >= 15 is 0 Å². The second-order valence-corrected chi connectivity index (χ2v) is 5.40. The standard InChI is InChI=1S/C14H21N3O2/c1-17(2)14(7-4-8-14)9-16-12-10(13(18)19)5-3-6-11(12)15/h3,5-6,16H,4,7-9,15H2,1-2H3,(H,18,19). The Labute approximate surface area is 113 Å². The minimum atomic E-state index is -0.956. The fourth-order valence-electron chi connectivity index (χ4n) is 2.57. The molecule has 0 radical (unpaired) electrons. The van der Waals surface area contributed by atoms with Crippen molar-refractivity contribution in [2.75, 3.05) is 31.7 Å². The molecule has 1 aliphatic carbocycles. The van der Waals surface area contributed by atoms with Gasteiger partial charge >= 0.3 is 5.97 Å². The number of nitrogens with two attached hydrogens (primary N) is 1. The van der Waals surface area contributed by atoms with Gasteiger partial charge in [0.25, 0.3) is 0 Å². The molecule has 0 atom stereocenters. The molecule has 1 aromatic rings. The molecule has 5 heteroatoms. The molecule has 1 saturated carbocycles. The first kappa shape index (κ1) is 13.7. The summed E-state index contributed by atoms with van der Waals surface area (Å²) >= 11 is 0. The van der Waals surface area contributed by atoms with Crippen LogP contribution < -0.4 is 11.1 Å². The first-order chi connectivity index (χ1) is 8.96. The number of benzene rings is 1. The van der Waals surface area contributed by atoms with Crippen molar-refractivity contribution in [1.29, 1.82) is 0 Å². The molecular formula is C14H21N3O2. The highest BCUT2D eigenvalue weighted by molar-refractivity contribution is 5.97. The number of carboxylic acids is 1. The van der Waals surface area contributed by atoms with Gasteiger partial charge in [0, 0.05) is 12.1 Å². The Balaban J connectivity index is 2.17. The zero-order valence-corrected chi connectivity index (χ0v) is 11.4. The smallest absolute Gasteiger partial charge is 0.337 e. The summed E-state index contributed by atoms with van der Waals surface area (Å²) in [5, 5.41) is 12.4. The van der Waals surface area contributed by atoms with E-state index in [4.69, 9.17) is 5.73 Å². The highest BCUT2D eigenvalue weighted by atomic mass is 16.4. The third-order valence-electron chi connectivity index (χ3n) is 4.15. The minimum absolute atomic E-state index is 0.123. The van der Waals surface area contributed by atoms with Crippen molar-refractivity contribution in [3.05, 3.63) is 23.8 Å². The van der Waals surface area contributed by atoms with Gasteiger partial charge in [0.05, 0.1) is 16.9 Å². The molecule has 0 spiro atoms. The lowest BCUT2D eigenvalue weighted by Gasteiger charge is -2.47. The first-order valence-corrected chi connectivity index (χ1v) is 6.49. The van der Waals surface area contributed by atoms with Crippen LogP contribution in [0.25, 0.3) is 0 Å². The molecule has 2 rings (SSSR count). The maximum absolute atomic E-state index is 11.2. The zero-order chi connectivity index (χ0) is 14.0. The quantitative estimate of drug-likeness (QED) is 0.707. The van der Waals surface area contributed by atoms with Gasteiger partial charge in [-0.15, -0.1) is 0 Å². The maximum Gasteiger partial charge on any atom is 0.337 e. The number of carbonyl (C=O) groups is 1. The number of aromatic carboxylic acids is 1. The predicted octanol–water partition coefficient (Wildman–Crippen LogP) is 1.86. The largest absolute Gasteiger partial charge is 0.478 e. The molecule has 1 aromatic carbocycles. The first-order valence-electron chi connectivity index (χ1n) is 6.49. The fourth-order valence-corrected chi connectivity index (χ4v) is 2.57. The molecule has 0 unspecified atom stereocenters. The van der Waals surface area contributed by atoms with Gasteiger partial charge in [0.15, 0.2) is 0 Å². The Morgan fingerprint density at radius 3 is 2.63 bits per heavy atom. The average Bonchev–Trinajstić information content (AvgIpc) is 2.28. The van der Waals surface area contributed by atoms with Gasteiger partial charge in [-0.2, -0.15) is 0 Å². The van der Waals surface area contributed by atoms with E-state index in [-0.39, 0.29) is 11.1 Å². The monoisotopic (exact) mass is 263 g/mol. The van der Waals surface area contributed by atoms with Crippen molar-refractivity contribution >= 4 is 17.3 Å². The second-order valence-electron chi connectivity index (χ2n) is 5.40. The van der Waals surface area contributed by atoms with Crippen LogP contribution in [-0.4, -0.2) is 42.2 Å². The number of nitrogen functional groups attached to an aromatic ring is 1. The molecule has 5 nitrogen and oxygen atoms in total. The van der Waals surface area contributed by atoms with Crippen LogP contribution in [0.1, 0.15) is 29.6 Å². The Bertz CT molecular complexity index is 482. The van der Waals surface area contributed by atoms with E-state index in [1.807, 2.05) is 0 Å². The fraction of sp³-hybridized carbons (Fsp3) is 0.500. The van der Waals surface area contributed by atoms with Crippen molar-refractivity contribution in [3.8, 4) is 0 Å². The molecule has 0 amide bonds. The molecular weight excluding hydrogens is 242 g/mol. The van der Waals surface area contributed by atoms with Gasteiger partial charge in [-0.3, -0.25) is 0 Å². The number of para-hydroxylation sites is 1. The zero-order valence-electron chi connectivity index (χ0n) is 11.4. The number of likely N-dealkylation sites (N-methyl/N-ethyl adjacent to an activating group) is 1. The number of rotatable bonds is 5. The predicted molar refractivity (Wildman–Crippen MR) is 76.6 cm³/mol. The van der Waals surface area contributed by atoms with E-state index in [0.717, 1.165) is 12.8 Å². The van der Waals surface area contributed by atoms with Gasteiger partial charge in [-0.05, 0) is 45.5 Å². The maximum atomic E-state index is 11.2. The Hall–Kier alpha value is -1.75. The normalized spacial score (nSPS) is 17.0. The van der Waals surface area contributed by atoms with Crippen LogP contribution in [0, 0.1) is 0 Å². The van der Waals surface area contributed by atoms with Crippen LogP contribution in [0.3, 0.4) is 0 Å². The van der Waals surface area contributed by atoms with Gasteiger partial charge in [0.2, 0.25) is 0 Å². The summed E-state index contributed by atoms with van der Waals surface area (Å²) in [7, 11) is 4.13. The average molecular weight is 263 g/mol. The second kappa shape index (κ2) is 5.09. The summed E-state index contributed by atoms with van der Waals surface area (Å²) < 4.78 is 0. The van der Waals surface area contributed by atoms with Crippen molar-refractivity contribution in [2.24, 2.45) is 0 Å². The number of hydrogen-bond acceptors (Lipinski definition) is 4. The summed E-state index contributed by atoms with van der Waals surface area (Å²) in [6, 6.07) is 4.96.